The molecule has 1 heterocycles. The van der Waals surface area contributed by atoms with Crippen molar-refractivity contribution in [2.75, 3.05) is 13.2 Å². The van der Waals surface area contributed by atoms with Gasteiger partial charge in [-0.25, -0.2) is 0 Å². The maximum Gasteiger partial charge on any atom is 0.134 e. The first-order chi connectivity index (χ1) is 10.3. The number of halogens is 1. The number of benzene rings is 2. The highest BCUT2D eigenvalue weighted by molar-refractivity contribution is 9.10. The summed E-state index contributed by atoms with van der Waals surface area (Å²) in [5, 5.41) is 5.65. The van der Waals surface area contributed by atoms with Gasteiger partial charge in [0.1, 0.15) is 18.1 Å². The van der Waals surface area contributed by atoms with Crippen LogP contribution in [0.1, 0.15) is 5.76 Å². The Bertz CT molecular complexity index is 710. The number of rotatable bonds is 6. The SMILES string of the molecule is Brc1c(OCCNCc2ccco2)ccc2ccccc12. The van der Waals surface area contributed by atoms with Gasteiger partial charge in [0.15, 0.2) is 0 Å². The highest BCUT2D eigenvalue weighted by Crippen LogP contribution is 2.32. The van der Waals surface area contributed by atoms with Crippen molar-refractivity contribution in [1.82, 2.24) is 5.32 Å². The van der Waals surface area contributed by atoms with E-state index in [2.05, 4.69) is 39.4 Å². The van der Waals surface area contributed by atoms with Crippen molar-refractivity contribution in [2.45, 2.75) is 6.54 Å². The summed E-state index contributed by atoms with van der Waals surface area (Å²) in [6, 6.07) is 16.2. The van der Waals surface area contributed by atoms with Crippen LogP contribution in [0, 0.1) is 0 Å². The fourth-order valence-electron chi connectivity index (χ4n) is 2.18. The Kier molecular flexibility index (Phi) is 4.58. The summed E-state index contributed by atoms with van der Waals surface area (Å²) in [5.74, 6) is 1.80. The van der Waals surface area contributed by atoms with Crippen molar-refractivity contribution in [2.24, 2.45) is 0 Å². The Balaban J connectivity index is 1.54. The molecular weight excluding hydrogens is 330 g/mol. The molecule has 0 bridgehead atoms. The van der Waals surface area contributed by atoms with E-state index in [9.17, 15) is 0 Å². The zero-order chi connectivity index (χ0) is 14.5. The molecule has 2 aromatic carbocycles. The maximum absolute atomic E-state index is 5.82. The van der Waals surface area contributed by atoms with Crippen LogP contribution in [0.15, 0.2) is 63.7 Å². The Labute approximate surface area is 132 Å². The van der Waals surface area contributed by atoms with E-state index in [1.807, 2.05) is 30.3 Å². The van der Waals surface area contributed by atoms with Gasteiger partial charge >= 0.3 is 0 Å². The van der Waals surface area contributed by atoms with Crippen LogP contribution in [0.2, 0.25) is 0 Å². The molecule has 0 saturated heterocycles. The third-order valence-corrected chi connectivity index (χ3v) is 4.06. The van der Waals surface area contributed by atoms with Crippen molar-refractivity contribution in [1.29, 1.82) is 0 Å². The van der Waals surface area contributed by atoms with Crippen LogP contribution in [0.25, 0.3) is 10.8 Å². The van der Waals surface area contributed by atoms with E-state index in [4.69, 9.17) is 9.15 Å². The number of nitrogens with one attached hydrogen (secondary N) is 1. The third-order valence-electron chi connectivity index (χ3n) is 3.24. The first kappa shape index (κ1) is 14.2. The lowest BCUT2D eigenvalue weighted by Crippen LogP contribution is -2.20. The lowest BCUT2D eigenvalue weighted by Gasteiger charge is -2.10. The van der Waals surface area contributed by atoms with Crippen LogP contribution >= 0.6 is 15.9 Å². The van der Waals surface area contributed by atoms with Gasteiger partial charge in [-0.1, -0.05) is 30.3 Å². The molecule has 3 nitrogen and oxygen atoms in total. The molecule has 3 rings (SSSR count). The van der Waals surface area contributed by atoms with E-state index < -0.39 is 0 Å². The van der Waals surface area contributed by atoms with E-state index >= 15 is 0 Å². The summed E-state index contributed by atoms with van der Waals surface area (Å²) in [4.78, 5) is 0. The number of fused-ring (bicyclic) bond motifs is 1. The predicted molar refractivity (Wildman–Crippen MR) is 87.6 cm³/mol. The van der Waals surface area contributed by atoms with Crippen LogP contribution in [0.5, 0.6) is 5.75 Å². The summed E-state index contributed by atoms with van der Waals surface area (Å²) in [6.45, 7) is 2.09. The first-order valence-electron chi connectivity index (χ1n) is 6.88. The van der Waals surface area contributed by atoms with Gasteiger partial charge in [-0.2, -0.15) is 0 Å². The molecule has 0 aliphatic carbocycles. The van der Waals surface area contributed by atoms with Crippen molar-refractivity contribution >= 4 is 26.7 Å². The highest BCUT2D eigenvalue weighted by atomic mass is 79.9. The smallest absolute Gasteiger partial charge is 0.134 e. The summed E-state index contributed by atoms with van der Waals surface area (Å²) < 4.78 is 12.1. The van der Waals surface area contributed by atoms with Gasteiger partial charge in [0.05, 0.1) is 17.3 Å². The van der Waals surface area contributed by atoms with Gasteiger partial charge in [-0.3, -0.25) is 0 Å². The highest BCUT2D eigenvalue weighted by Gasteiger charge is 2.05. The second-order valence-corrected chi connectivity index (χ2v) is 5.50. The standard InChI is InChI=1S/C17H16BrNO2/c18-17-15-6-2-1-4-13(15)7-8-16(17)21-11-9-19-12-14-5-3-10-20-14/h1-8,10,19H,9,11-12H2. The summed E-state index contributed by atoms with van der Waals surface area (Å²) in [7, 11) is 0. The van der Waals surface area contributed by atoms with Crippen LogP contribution in [-0.4, -0.2) is 13.2 Å². The molecule has 0 unspecified atom stereocenters. The Morgan fingerprint density at radius 1 is 1.05 bits per heavy atom. The molecule has 0 amide bonds. The lowest BCUT2D eigenvalue weighted by molar-refractivity contribution is 0.309. The zero-order valence-corrected chi connectivity index (χ0v) is 13.1. The van der Waals surface area contributed by atoms with Crippen molar-refractivity contribution in [3.8, 4) is 5.75 Å². The maximum atomic E-state index is 5.82. The number of hydrogen-bond acceptors (Lipinski definition) is 3. The average molecular weight is 346 g/mol. The predicted octanol–water partition coefficient (Wildman–Crippen LogP) is 4.36. The van der Waals surface area contributed by atoms with Crippen LogP contribution < -0.4 is 10.1 Å². The molecule has 0 saturated carbocycles. The molecule has 0 spiro atoms. The summed E-state index contributed by atoms with van der Waals surface area (Å²) in [6.07, 6.45) is 1.68. The van der Waals surface area contributed by atoms with E-state index in [1.54, 1.807) is 6.26 Å². The minimum Gasteiger partial charge on any atom is -0.491 e. The second-order valence-electron chi connectivity index (χ2n) is 4.70. The molecule has 3 aromatic rings. The fourth-order valence-corrected chi connectivity index (χ4v) is 2.79. The van der Waals surface area contributed by atoms with Crippen molar-refractivity contribution in [3.05, 3.63) is 65.0 Å². The molecule has 0 atom stereocenters. The quantitative estimate of drug-likeness (QED) is 0.674. The normalized spacial score (nSPS) is 10.9. The van der Waals surface area contributed by atoms with Gasteiger partial charge in [0.25, 0.3) is 0 Å². The van der Waals surface area contributed by atoms with E-state index in [0.717, 1.165) is 29.1 Å². The van der Waals surface area contributed by atoms with E-state index in [1.165, 1.54) is 10.8 Å². The van der Waals surface area contributed by atoms with Gasteiger partial charge in [0.2, 0.25) is 0 Å². The van der Waals surface area contributed by atoms with Gasteiger partial charge in [-0.05, 0) is 44.9 Å². The third kappa shape index (κ3) is 3.46. The molecule has 0 aliphatic rings. The number of ether oxygens (including phenoxy) is 1. The Hall–Kier alpha value is -1.78. The van der Waals surface area contributed by atoms with E-state index in [0.29, 0.717) is 6.61 Å². The van der Waals surface area contributed by atoms with Gasteiger partial charge < -0.3 is 14.5 Å². The monoisotopic (exact) mass is 345 g/mol. The first-order valence-corrected chi connectivity index (χ1v) is 7.67. The molecule has 108 valence electrons. The van der Waals surface area contributed by atoms with Crippen LogP contribution in [-0.2, 0) is 6.54 Å². The lowest BCUT2D eigenvalue weighted by atomic mass is 10.1. The molecule has 21 heavy (non-hydrogen) atoms. The summed E-state index contributed by atoms with van der Waals surface area (Å²) in [5.41, 5.74) is 0. The van der Waals surface area contributed by atoms with Gasteiger partial charge in [-0.15, -0.1) is 0 Å². The Morgan fingerprint density at radius 3 is 2.81 bits per heavy atom. The summed E-state index contributed by atoms with van der Waals surface area (Å²) >= 11 is 3.62. The molecule has 1 aromatic heterocycles. The number of hydrogen-bond donors (Lipinski definition) is 1. The second kappa shape index (κ2) is 6.78. The molecule has 0 radical (unpaired) electrons. The number of furan rings is 1. The van der Waals surface area contributed by atoms with Crippen LogP contribution in [0.3, 0.4) is 0 Å². The van der Waals surface area contributed by atoms with Gasteiger partial charge in [0, 0.05) is 6.54 Å². The topological polar surface area (TPSA) is 34.4 Å². The largest absolute Gasteiger partial charge is 0.491 e. The fraction of sp³-hybridized carbons (Fsp3) is 0.176. The molecule has 0 fully saturated rings. The minimum absolute atomic E-state index is 0.609. The zero-order valence-electron chi connectivity index (χ0n) is 11.5. The van der Waals surface area contributed by atoms with Crippen LogP contribution in [0.4, 0.5) is 0 Å². The van der Waals surface area contributed by atoms with E-state index in [-0.39, 0.29) is 0 Å². The molecule has 0 aliphatic heterocycles. The average Bonchev–Trinajstić information content (AvgIpc) is 3.03. The van der Waals surface area contributed by atoms with Crippen molar-refractivity contribution < 1.29 is 9.15 Å². The van der Waals surface area contributed by atoms with Crippen molar-refractivity contribution in [3.63, 3.8) is 0 Å². The molecule has 1 N–H and O–H groups in total. The Morgan fingerprint density at radius 2 is 1.95 bits per heavy atom. The molecule has 4 heteroatoms. The minimum atomic E-state index is 0.609. The molecular formula is C17H16BrNO2.